The van der Waals surface area contributed by atoms with E-state index in [0.29, 0.717) is 24.5 Å². The molecule has 0 saturated carbocycles. The number of fused-ring (bicyclic) bond motifs is 3. The second kappa shape index (κ2) is 3.74. The van der Waals surface area contributed by atoms with Crippen molar-refractivity contribution >= 4 is 10.8 Å². The predicted octanol–water partition coefficient (Wildman–Crippen LogP) is -2.10. The van der Waals surface area contributed by atoms with Gasteiger partial charge in [-0.15, -0.1) is 0 Å². The summed E-state index contributed by atoms with van der Waals surface area (Å²) in [5.74, 6) is 1.52. The molecule has 0 radical (unpaired) electrons. The molecule has 3 rings (SSSR count). The molecule has 3 aliphatic heterocycles. The van der Waals surface area contributed by atoms with Crippen LogP contribution in [0.5, 0.6) is 0 Å². The van der Waals surface area contributed by atoms with Crippen LogP contribution in [0.3, 0.4) is 0 Å². The van der Waals surface area contributed by atoms with Gasteiger partial charge in [-0.1, -0.05) is 0 Å². The molecule has 3 N–H and O–H groups in total. The fourth-order valence-electron chi connectivity index (χ4n) is 3.46. The molecule has 3 saturated heterocycles. The second-order valence-corrected chi connectivity index (χ2v) is 6.70. The third kappa shape index (κ3) is 1.48. The van der Waals surface area contributed by atoms with Gasteiger partial charge in [0.25, 0.3) is 0 Å². The number of hydrogen-bond acceptors (Lipinski definition) is 5. The quantitative estimate of drug-likeness (QED) is 0.457. The summed E-state index contributed by atoms with van der Waals surface area (Å²) in [6.45, 7) is 0.390. The Morgan fingerprint density at radius 2 is 1.88 bits per heavy atom. The first-order valence-electron chi connectivity index (χ1n) is 5.73. The average molecular weight is 247 g/mol. The molecular weight excluding hydrogens is 230 g/mol. The van der Waals surface area contributed by atoms with Crippen molar-refractivity contribution in [3.8, 4) is 0 Å². The lowest BCUT2D eigenvalue weighted by Crippen LogP contribution is -2.56. The van der Waals surface area contributed by atoms with Gasteiger partial charge < -0.3 is 15.3 Å². The number of aliphatic hydroxyl groups is 3. The number of hydrogen-bond donors (Lipinski definition) is 3. The maximum absolute atomic E-state index is 11.5. The summed E-state index contributed by atoms with van der Waals surface area (Å²) in [4.78, 5) is 1.97. The smallest absolute Gasteiger partial charge is 0.0991 e. The van der Waals surface area contributed by atoms with Gasteiger partial charge in [0.1, 0.15) is 0 Å². The molecule has 0 spiro atoms. The SMILES string of the molecule is O=S1CC2CC(O)[C@H]3[C@H](O)[C@H](O)CN3C2C1. The summed E-state index contributed by atoms with van der Waals surface area (Å²) in [7, 11) is -0.806. The van der Waals surface area contributed by atoms with E-state index in [1.807, 2.05) is 4.90 Å². The molecule has 4 unspecified atom stereocenters. The third-order valence-electron chi connectivity index (χ3n) is 4.19. The largest absolute Gasteiger partial charge is 0.391 e. The van der Waals surface area contributed by atoms with E-state index in [2.05, 4.69) is 0 Å². The zero-order valence-electron chi connectivity index (χ0n) is 8.90. The fourth-order valence-corrected chi connectivity index (χ4v) is 5.28. The van der Waals surface area contributed by atoms with Gasteiger partial charge in [-0.25, -0.2) is 0 Å². The normalized spacial score (nSPS) is 57.3. The summed E-state index contributed by atoms with van der Waals surface area (Å²) >= 11 is 0. The Morgan fingerprint density at radius 3 is 2.62 bits per heavy atom. The molecule has 0 aliphatic carbocycles. The summed E-state index contributed by atoms with van der Waals surface area (Å²) in [5, 5.41) is 29.5. The molecule has 0 amide bonds. The Morgan fingerprint density at radius 1 is 1.12 bits per heavy atom. The van der Waals surface area contributed by atoms with Crippen LogP contribution in [0.1, 0.15) is 6.42 Å². The molecule has 7 atom stereocenters. The van der Waals surface area contributed by atoms with E-state index in [9.17, 15) is 19.5 Å². The molecule has 0 aromatic rings. The van der Waals surface area contributed by atoms with E-state index >= 15 is 0 Å². The lowest BCUT2D eigenvalue weighted by atomic mass is 9.85. The summed E-state index contributed by atoms with van der Waals surface area (Å²) < 4.78 is 11.5. The highest BCUT2D eigenvalue weighted by atomic mass is 32.2. The Hall–Kier alpha value is -0.0100. The van der Waals surface area contributed by atoms with Crippen molar-refractivity contribution in [3.63, 3.8) is 0 Å². The van der Waals surface area contributed by atoms with E-state index < -0.39 is 29.1 Å². The van der Waals surface area contributed by atoms with Crippen LogP contribution in [0.2, 0.25) is 0 Å². The van der Waals surface area contributed by atoms with Gasteiger partial charge >= 0.3 is 0 Å². The van der Waals surface area contributed by atoms with Crippen LogP contribution < -0.4 is 0 Å². The molecule has 5 nitrogen and oxygen atoms in total. The van der Waals surface area contributed by atoms with E-state index in [4.69, 9.17) is 0 Å². The van der Waals surface area contributed by atoms with Crippen LogP contribution in [0, 0.1) is 5.92 Å². The number of piperidine rings is 1. The molecule has 0 aromatic heterocycles. The minimum absolute atomic E-state index is 0.168. The van der Waals surface area contributed by atoms with Gasteiger partial charge in [-0.2, -0.15) is 0 Å². The maximum Gasteiger partial charge on any atom is 0.0991 e. The highest BCUT2D eigenvalue weighted by molar-refractivity contribution is 7.85. The summed E-state index contributed by atoms with van der Waals surface area (Å²) in [6, 6.07) is -0.201. The summed E-state index contributed by atoms with van der Waals surface area (Å²) in [5.41, 5.74) is 0. The maximum atomic E-state index is 11.5. The van der Waals surface area contributed by atoms with E-state index in [1.54, 1.807) is 0 Å². The van der Waals surface area contributed by atoms with Crippen LogP contribution >= 0.6 is 0 Å². The average Bonchev–Trinajstić information content (AvgIpc) is 2.69. The van der Waals surface area contributed by atoms with Gasteiger partial charge in [-0.05, 0) is 12.3 Å². The van der Waals surface area contributed by atoms with Crippen molar-refractivity contribution in [2.75, 3.05) is 18.1 Å². The third-order valence-corrected chi connectivity index (χ3v) is 5.70. The fraction of sp³-hybridized carbons (Fsp3) is 1.00. The molecule has 0 aromatic carbocycles. The first-order valence-corrected chi connectivity index (χ1v) is 7.21. The molecule has 3 heterocycles. The van der Waals surface area contributed by atoms with Crippen molar-refractivity contribution in [2.45, 2.75) is 36.8 Å². The van der Waals surface area contributed by atoms with Crippen LogP contribution in [0.25, 0.3) is 0 Å². The Bertz CT molecular complexity index is 326. The number of aliphatic hydroxyl groups excluding tert-OH is 3. The van der Waals surface area contributed by atoms with Crippen LogP contribution in [0.4, 0.5) is 0 Å². The van der Waals surface area contributed by atoms with Crippen molar-refractivity contribution in [2.24, 2.45) is 5.92 Å². The Balaban J connectivity index is 1.88. The monoisotopic (exact) mass is 247 g/mol. The van der Waals surface area contributed by atoms with Gasteiger partial charge in [0.2, 0.25) is 0 Å². The topological polar surface area (TPSA) is 81.0 Å². The molecule has 0 bridgehead atoms. The number of nitrogens with zero attached hydrogens (tertiary/aromatic N) is 1. The summed E-state index contributed by atoms with van der Waals surface area (Å²) in [6.07, 6.45) is -1.66. The first kappa shape index (κ1) is 11.1. The number of rotatable bonds is 0. The predicted molar refractivity (Wildman–Crippen MR) is 58.3 cm³/mol. The molecule has 6 heteroatoms. The van der Waals surface area contributed by atoms with Crippen molar-refractivity contribution in [1.29, 1.82) is 0 Å². The van der Waals surface area contributed by atoms with Gasteiger partial charge in [0, 0.05) is 34.9 Å². The molecular formula is C10H17NO4S. The van der Waals surface area contributed by atoms with E-state index in [-0.39, 0.29) is 18.0 Å². The zero-order chi connectivity index (χ0) is 11.4. The van der Waals surface area contributed by atoms with Crippen LogP contribution in [0.15, 0.2) is 0 Å². The minimum Gasteiger partial charge on any atom is -0.391 e. The molecule has 3 aliphatic rings. The molecule has 92 valence electrons. The second-order valence-electron chi connectivity index (χ2n) is 5.15. The Kier molecular flexibility index (Phi) is 2.60. The standard InChI is InChI=1S/C10H17NO4S/c12-7-1-5-3-16(15)4-6(5)11-2-8(13)10(14)9(7)11/h5-10,12-14H,1-4H2/t5?,6?,7?,8-,9+,10-,16?/m1/s1. The lowest BCUT2D eigenvalue weighted by molar-refractivity contribution is -0.0557. The van der Waals surface area contributed by atoms with E-state index in [1.165, 1.54) is 0 Å². The lowest BCUT2D eigenvalue weighted by Gasteiger charge is -2.42. The highest BCUT2D eigenvalue weighted by Gasteiger charge is 2.54. The van der Waals surface area contributed by atoms with Crippen molar-refractivity contribution < 1.29 is 19.5 Å². The first-order chi connectivity index (χ1) is 7.58. The van der Waals surface area contributed by atoms with Crippen molar-refractivity contribution in [3.05, 3.63) is 0 Å². The Labute approximate surface area is 96.5 Å². The molecule has 3 fully saturated rings. The van der Waals surface area contributed by atoms with Crippen LogP contribution in [-0.2, 0) is 10.8 Å². The van der Waals surface area contributed by atoms with Crippen molar-refractivity contribution in [1.82, 2.24) is 4.90 Å². The zero-order valence-corrected chi connectivity index (χ0v) is 9.71. The van der Waals surface area contributed by atoms with Gasteiger partial charge in [-0.3, -0.25) is 9.11 Å². The highest BCUT2D eigenvalue weighted by Crippen LogP contribution is 2.38. The van der Waals surface area contributed by atoms with Gasteiger partial charge in [0.05, 0.1) is 24.4 Å². The molecule has 16 heavy (non-hydrogen) atoms. The van der Waals surface area contributed by atoms with E-state index in [0.717, 1.165) is 0 Å². The van der Waals surface area contributed by atoms with Crippen LogP contribution in [-0.4, -0.2) is 72.9 Å². The minimum atomic E-state index is -0.870. The van der Waals surface area contributed by atoms with Gasteiger partial charge in [0.15, 0.2) is 0 Å².